The van der Waals surface area contributed by atoms with Crippen molar-refractivity contribution in [1.82, 2.24) is 10.2 Å². The highest BCUT2D eigenvalue weighted by molar-refractivity contribution is 8.01. The van der Waals surface area contributed by atoms with Gasteiger partial charge in [0, 0.05) is 5.56 Å². The SMILES string of the molecule is C#Cc1ccccc1NC(=O)CSc1nnc(N)s1. The van der Waals surface area contributed by atoms with E-state index < -0.39 is 0 Å². The van der Waals surface area contributed by atoms with Gasteiger partial charge in [0.05, 0.1) is 11.4 Å². The number of nitrogen functional groups attached to an aromatic ring is 1. The number of aromatic nitrogens is 2. The van der Waals surface area contributed by atoms with Crippen molar-refractivity contribution >= 4 is 39.8 Å². The highest BCUT2D eigenvalue weighted by Gasteiger charge is 2.08. The molecule has 2 aromatic rings. The molecule has 0 saturated carbocycles. The van der Waals surface area contributed by atoms with Crippen LogP contribution in [0.1, 0.15) is 5.56 Å². The van der Waals surface area contributed by atoms with Crippen molar-refractivity contribution in [2.75, 3.05) is 16.8 Å². The van der Waals surface area contributed by atoms with Crippen LogP contribution in [0.5, 0.6) is 0 Å². The van der Waals surface area contributed by atoms with Gasteiger partial charge in [-0.1, -0.05) is 41.2 Å². The molecular weight excluding hydrogens is 280 g/mol. The summed E-state index contributed by atoms with van der Waals surface area (Å²) in [6.45, 7) is 0. The molecule has 0 fully saturated rings. The molecule has 1 amide bonds. The highest BCUT2D eigenvalue weighted by atomic mass is 32.2. The number of benzene rings is 1. The normalized spacial score (nSPS) is 9.84. The molecule has 0 aliphatic carbocycles. The van der Waals surface area contributed by atoms with Gasteiger partial charge in [-0.25, -0.2) is 0 Å². The predicted molar refractivity (Wildman–Crippen MR) is 78.1 cm³/mol. The maximum absolute atomic E-state index is 11.8. The minimum atomic E-state index is -0.151. The first kappa shape index (κ1) is 13.4. The van der Waals surface area contributed by atoms with Gasteiger partial charge in [-0.3, -0.25) is 4.79 Å². The molecule has 19 heavy (non-hydrogen) atoms. The second kappa shape index (κ2) is 6.22. The number of hydrogen-bond donors (Lipinski definition) is 2. The standard InChI is InChI=1S/C12H10N4OS2/c1-2-8-5-3-4-6-9(8)14-10(17)7-18-12-16-15-11(13)19-12/h1,3-6H,7H2,(H2,13,15)(H,14,17). The number of para-hydroxylation sites is 1. The minimum Gasteiger partial charge on any atom is -0.374 e. The van der Waals surface area contributed by atoms with E-state index in [1.807, 2.05) is 12.1 Å². The lowest BCUT2D eigenvalue weighted by molar-refractivity contribution is -0.113. The van der Waals surface area contributed by atoms with E-state index in [2.05, 4.69) is 21.4 Å². The Hall–Kier alpha value is -2.04. The van der Waals surface area contributed by atoms with Gasteiger partial charge in [-0.15, -0.1) is 16.6 Å². The number of rotatable bonds is 4. The van der Waals surface area contributed by atoms with Gasteiger partial charge in [-0.05, 0) is 12.1 Å². The average Bonchev–Trinajstić information content (AvgIpc) is 2.83. The Morgan fingerprint density at radius 2 is 2.26 bits per heavy atom. The van der Waals surface area contributed by atoms with E-state index in [4.69, 9.17) is 12.2 Å². The lowest BCUT2D eigenvalue weighted by Gasteiger charge is -2.06. The Balaban J connectivity index is 1.93. The molecule has 3 N–H and O–H groups in total. The molecular formula is C12H10N4OS2. The van der Waals surface area contributed by atoms with Crippen LogP contribution in [0.4, 0.5) is 10.8 Å². The maximum Gasteiger partial charge on any atom is 0.234 e. The number of thioether (sulfide) groups is 1. The fraction of sp³-hybridized carbons (Fsp3) is 0.0833. The van der Waals surface area contributed by atoms with Crippen molar-refractivity contribution < 1.29 is 4.79 Å². The summed E-state index contributed by atoms with van der Waals surface area (Å²) in [7, 11) is 0. The zero-order valence-electron chi connectivity index (χ0n) is 9.79. The molecule has 0 aliphatic heterocycles. The summed E-state index contributed by atoms with van der Waals surface area (Å²) >= 11 is 2.53. The molecule has 7 heteroatoms. The fourth-order valence-corrected chi connectivity index (χ4v) is 2.75. The fourth-order valence-electron chi connectivity index (χ4n) is 1.31. The number of nitrogens with one attached hydrogen (secondary N) is 1. The number of hydrogen-bond acceptors (Lipinski definition) is 6. The third-order valence-electron chi connectivity index (χ3n) is 2.11. The van der Waals surface area contributed by atoms with Crippen molar-refractivity contribution in [2.24, 2.45) is 0 Å². The van der Waals surface area contributed by atoms with Gasteiger partial charge in [0.15, 0.2) is 4.34 Å². The smallest absolute Gasteiger partial charge is 0.234 e. The van der Waals surface area contributed by atoms with Crippen LogP contribution in [0, 0.1) is 12.3 Å². The number of anilines is 2. The lowest BCUT2D eigenvalue weighted by atomic mass is 10.2. The second-order valence-electron chi connectivity index (χ2n) is 3.43. The number of nitrogens with zero attached hydrogens (tertiary/aromatic N) is 2. The lowest BCUT2D eigenvalue weighted by Crippen LogP contribution is -2.14. The van der Waals surface area contributed by atoms with Crippen LogP contribution in [0.15, 0.2) is 28.6 Å². The molecule has 96 valence electrons. The van der Waals surface area contributed by atoms with Crippen LogP contribution in [0.2, 0.25) is 0 Å². The van der Waals surface area contributed by atoms with Crippen LogP contribution >= 0.6 is 23.1 Å². The van der Waals surface area contributed by atoms with E-state index in [1.54, 1.807) is 12.1 Å². The van der Waals surface area contributed by atoms with E-state index in [9.17, 15) is 4.79 Å². The first-order valence-corrected chi connectivity index (χ1v) is 7.06. The Morgan fingerprint density at radius 3 is 2.95 bits per heavy atom. The number of nitrogens with two attached hydrogens (primary N) is 1. The number of carbonyl (C=O) groups excluding carboxylic acids is 1. The molecule has 5 nitrogen and oxygen atoms in total. The molecule has 0 radical (unpaired) electrons. The monoisotopic (exact) mass is 290 g/mol. The number of amides is 1. The molecule has 1 aromatic carbocycles. The molecule has 0 saturated heterocycles. The number of carbonyl (C=O) groups is 1. The van der Waals surface area contributed by atoms with Gasteiger partial charge in [-0.2, -0.15) is 0 Å². The largest absolute Gasteiger partial charge is 0.374 e. The maximum atomic E-state index is 11.8. The molecule has 0 unspecified atom stereocenters. The third-order valence-corrected chi connectivity index (χ3v) is 3.99. The van der Waals surface area contributed by atoms with Crippen LogP contribution in [-0.2, 0) is 4.79 Å². The quantitative estimate of drug-likeness (QED) is 0.663. The zero-order valence-corrected chi connectivity index (χ0v) is 11.4. The van der Waals surface area contributed by atoms with Gasteiger partial charge in [0.25, 0.3) is 0 Å². The topological polar surface area (TPSA) is 80.9 Å². The Bertz CT molecular complexity index is 633. The summed E-state index contributed by atoms with van der Waals surface area (Å²) in [6, 6.07) is 7.17. The second-order valence-corrected chi connectivity index (χ2v) is 5.66. The van der Waals surface area contributed by atoms with Gasteiger partial charge < -0.3 is 11.1 Å². The van der Waals surface area contributed by atoms with Crippen LogP contribution in [-0.4, -0.2) is 21.9 Å². The summed E-state index contributed by atoms with van der Waals surface area (Å²) in [5.74, 6) is 2.60. The zero-order chi connectivity index (χ0) is 13.7. The van der Waals surface area contributed by atoms with Crippen molar-refractivity contribution in [3.63, 3.8) is 0 Å². The summed E-state index contributed by atoms with van der Waals surface area (Å²) in [5, 5.41) is 10.6. The molecule has 1 aromatic heterocycles. The van der Waals surface area contributed by atoms with E-state index in [0.29, 0.717) is 20.7 Å². The summed E-state index contributed by atoms with van der Waals surface area (Å²) in [6.07, 6.45) is 5.36. The van der Waals surface area contributed by atoms with Crippen molar-refractivity contribution in [2.45, 2.75) is 4.34 Å². The van der Waals surface area contributed by atoms with E-state index in [0.717, 1.165) is 0 Å². The Morgan fingerprint density at radius 1 is 1.47 bits per heavy atom. The molecule has 0 atom stereocenters. The molecule has 0 bridgehead atoms. The van der Waals surface area contributed by atoms with Crippen molar-refractivity contribution in [1.29, 1.82) is 0 Å². The molecule has 0 aliphatic rings. The van der Waals surface area contributed by atoms with Gasteiger partial charge >= 0.3 is 0 Å². The van der Waals surface area contributed by atoms with Gasteiger partial charge in [0.2, 0.25) is 11.0 Å². The molecule has 1 heterocycles. The highest BCUT2D eigenvalue weighted by Crippen LogP contribution is 2.23. The molecule has 2 rings (SSSR count). The van der Waals surface area contributed by atoms with Crippen molar-refractivity contribution in [3.05, 3.63) is 29.8 Å². The van der Waals surface area contributed by atoms with Crippen LogP contribution in [0.3, 0.4) is 0 Å². The predicted octanol–water partition coefficient (Wildman–Crippen LogP) is 1.83. The van der Waals surface area contributed by atoms with Crippen LogP contribution < -0.4 is 11.1 Å². The van der Waals surface area contributed by atoms with E-state index in [-0.39, 0.29) is 11.7 Å². The summed E-state index contributed by atoms with van der Waals surface area (Å²) < 4.78 is 0.665. The minimum absolute atomic E-state index is 0.151. The van der Waals surface area contributed by atoms with Gasteiger partial charge in [0.1, 0.15) is 0 Å². The summed E-state index contributed by atoms with van der Waals surface area (Å²) in [5.41, 5.74) is 6.74. The third kappa shape index (κ3) is 3.71. The first-order valence-electron chi connectivity index (χ1n) is 5.26. The molecule has 0 spiro atoms. The number of terminal acetylenes is 1. The average molecular weight is 290 g/mol. The van der Waals surface area contributed by atoms with Crippen LogP contribution in [0.25, 0.3) is 0 Å². The van der Waals surface area contributed by atoms with E-state index in [1.165, 1.54) is 23.1 Å². The summed E-state index contributed by atoms with van der Waals surface area (Å²) in [4.78, 5) is 11.8. The van der Waals surface area contributed by atoms with E-state index >= 15 is 0 Å². The Labute approximate surface area is 118 Å². The Kier molecular flexibility index (Phi) is 4.39. The first-order chi connectivity index (χ1) is 9.19. The van der Waals surface area contributed by atoms with Crippen molar-refractivity contribution in [3.8, 4) is 12.3 Å².